The number of ether oxygens (including phenoxy) is 1. The highest BCUT2D eigenvalue weighted by molar-refractivity contribution is 5.28. The van der Waals surface area contributed by atoms with E-state index in [1.165, 1.54) is 81.8 Å². The molecular weight excluding hydrogens is 364 g/mol. The largest absolute Gasteiger partial charge is 0.497 e. The van der Waals surface area contributed by atoms with E-state index in [2.05, 4.69) is 62.4 Å². The van der Waals surface area contributed by atoms with Crippen molar-refractivity contribution in [2.75, 3.05) is 7.11 Å². The molecule has 0 spiro atoms. The fourth-order valence-corrected chi connectivity index (χ4v) is 5.37. The fourth-order valence-electron chi connectivity index (χ4n) is 5.37. The van der Waals surface area contributed by atoms with Crippen LogP contribution in [0.5, 0.6) is 5.75 Å². The highest BCUT2D eigenvalue weighted by Crippen LogP contribution is 2.37. The molecule has 0 N–H and O–H groups in total. The summed E-state index contributed by atoms with van der Waals surface area (Å²) in [5.74, 6) is 3.50. The Bertz CT molecular complexity index is 707. The van der Waals surface area contributed by atoms with Gasteiger partial charge in [-0.25, -0.2) is 0 Å². The van der Waals surface area contributed by atoms with Crippen molar-refractivity contribution in [3.8, 4) is 5.75 Å². The van der Waals surface area contributed by atoms with E-state index >= 15 is 0 Å². The second kappa shape index (κ2) is 12.2. The van der Waals surface area contributed by atoms with E-state index in [1.54, 1.807) is 12.7 Å². The van der Waals surface area contributed by atoms with Gasteiger partial charge in [0, 0.05) is 0 Å². The zero-order chi connectivity index (χ0) is 21.2. The van der Waals surface area contributed by atoms with E-state index in [0.717, 1.165) is 23.5 Å². The van der Waals surface area contributed by atoms with E-state index in [9.17, 15) is 0 Å². The number of aryl methyl sites for hydroxylation is 1. The number of methoxy groups -OCH3 is 1. The molecule has 164 valence electrons. The smallest absolute Gasteiger partial charge is 0.118 e. The summed E-state index contributed by atoms with van der Waals surface area (Å²) in [5.41, 5.74) is 4.52. The van der Waals surface area contributed by atoms with Crippen molar-refractivity contribution in [2.45, 2.75) is 90.4 Å². The predicted octanol–water partition coefficient (Wildman–Crippen LogP) is 8.36. The van der Waals surface area contributed by atoms with E-state index in [-0.39, 0.29) is 0 Å². The molecule has 2 aromatic rings. The molecule has 1 saturated carbocycles. The Morgan fingerprint density at radius 1 is 0.800 bits per heavy atom. The number of benzene rings is 2. The molecule has 0 aliphatic heterocycles. The van der Waals surface area contributed by atoms with Gasteiger partial charge in [-0.15, -0.1) is 0 Å². The zero-order valence-corrected chi connectivity index (χ0v) is 19.5. The van der Waals surface area contributed by atoms with Crippen molar-refractivity contribution >= 4 is 0 Å². The molecule has 1 aliphatic carbocycles. The quantitative estimate of drug-likeness (QED) is 0.364. The number of hydrogen-bond acceptors (Lipinski definition) is 1. The van der Waals surface area contributed by atoms with Crippen LogP contribution in [0.1, 0.15) is 94.2 Å². The van der Waals surface area contributed by atoms with Gasteiger partial charge >= 0.3 is 0 Å². The maximum atomic E-state index is 5.30. The topological polar surface area (TPSA) is 9.23 Å². The first-order valence-corrected chi connectivity index (χ1v) is 12.4. The van der Waals surface area contributed by atoms with Gasteiger partial charge in [-0.1, -0.05) is 75.9 Å². The predicted molar refractivity (Wildman–Crippen MR) is 129 cm³/mol. The van der Waals surface area contributed by atoms with Gasteiger partial charge < -0.3 is 4.74 Å². The standard InChI is InChI=1S/C29H42O/c1-4-6-23-10-16-27(17-11-23)28-18-12-24(13-19-28)8-9-25(7-5-2)22-26-14-20-29(30-3)21-15-26/h12-15,18-21,23,25,27H,4-11,16-17,22H2,1-3H3/t23?,25-,27?/m1/s1. The van der Waals surface area contributed by atoms with Crippen molar-refractivity contribution in [3.63, 3.8) is 0 Å². The van der Waals surface area contributed by atoms with E-state index in [4.69, 9.17) is 4.74 Å². The molecular formula is C29H42O. The average Bonchev–Trinajstić information content (AvgIpc) is 2.79. The molecule has 0 radical (unpaired) electrons. The summed E-state index contributed by atoms with van der Waals surface area (Å²) in [6.45, 7) is 4.64. The van der Waals surface area contributed by atoms with E-state index < -0.39 is 0 Å². The first kappa shape index (κ1) is 22.9. The minimum absolute atomic E-state index is 0.761. The summed E-state index contributed by atoms with van der Waals surface area (Å²) in [7, 11) is 1.73. The molecule has 30 heavy (non-hydrogen) atoms. The molecule has 1 heteroatoms. The van der Waals surface area contributed by atoms with Crippen molar-refractivity contribution in [2.24, 2.45) is 11.8 Å². The second-order valence-electron chi connectivity index (χ2n) is 9.49. The average molecular weight is 407 g/mol. The fraction of sp³-hybridized carbons (Fsp3) is 0.586. The first-order valence-electron chi connectivity index (χ1n) is 12.4. The number of rotatable bonds is 11. The summed E-state index contributed by atoms with van der Waals surface area (Å²) >= 11 is 0. The van der Waals surface area contributed by atoms with Gasteiger partial charge in [-0.3, -0.25) is 0 Å². The van der Waals surface area contributed by atoms with Gasteiger partial charge in [-0.05, 0) is 91.5 Å². The lowest BCUT2D eigenvalue weighted by atomic mass is 9.77. The third-order valence-corrected chi connectivity index (χ3v) is 7.22. The van der Waals surface area contributed by atoms with Crippen LogP contribution in [0.15, 0.2) is 48.5 Å². The molecule has 0 aromatic heterocycles. The lowest BCUT2D eigenvalue weighted by Gasteiger charge is -2.28. The summed E-state index contributed by atoms with van der Waals surface area (Å²) in [4.78, 5) is 0. The maximum absolute atomic E-state index is 5.30. The van der Waals surface area contributed by atoms with Crippen LogP contribution in [0, 0.1) is 11.8 Å². The third kappa shape index (κ3) is 6.89. The van der Waals surface area contributed by atoms with Crippen molar-refractivity contribution in [1.29, 1.82) is 0 Å². The van der Waals surface area contributed by atoms with Crippen LogP contribution in [0.4, 0.5) is 0 Å². The molecule has 1 fully saturated rings. The first-order chi connectivity index (χ1) is 14.7. The third-order valence-electron chi connectivity index (χ3n) is 7.22. The minimum atomic E-state index is 0.761. The molecule has 0 saturated heterocycles. The van der Waals surface area contributed by atoms with E-state index in [1.807, 2.05) is 0 Å². The molecule has 0 amide bonds. The summed E-state index contributed by atoms with van der Waals surface area (Å²) in [5, 5.41) is 0. The molecule has 1 atom stereocenters. The van der Waals surface area contributed by atoms with Crippen LogP contribution < -0.4 is 4.74 Å². The van der Waals surface area contributed by atoms with Gasteiger partial charge in [0.15, 0.2) is 0 Å². The lowest BCUT2D eigenvalue weighted by molar-refractivity contribution is 0.308. The highest BCUT2D eigenvalue weighted by atomic mass is 16.5. The van der Waals surface area contributed by atoms with Gasteiger partial charge in [0.05, 0.1) is 7.11 Å². The number of hydrogen-bond donors (Lipinski definition) is 0. The van der Waals surface area contributed by atoms with Crippen molar-refractivity contribution < 1.29 is 4.74 Å². The van der Waals surface area contributed by atoms with Gasteiger partial charge in [0.25, 0.3) is 0 Å². The van der Waals surface area contributed by atoms with Crippen LogP contribution >= 0.6 is 0 Å². The van der Waals surface area contributed by atoms with Crippen LogP contribution in [0.2, 0.25) is 0 Å². The summed E-state index contributed by atoms with van der Waals surface area (Å²) in [6, 6.07) is 18.3. The van der Waals surface area contributed by atoms with Crippen LogP contribution in [0.3, 0.4) is 0 Å². The Morgan fingerprint density at radius 3 is 2.07 bits per heavy atom. The molecule has 2 aromatic carbocycles. The van der Waals surface area contributed by atoms with Crippen LogP contribution in [0.25, 0.3) is 0 Å². The molecule has 1 aliphatic rings. The van der Waals surface area contributed by atoms with Crippen LogP contribution in [-0.4, -0.2) is 7.11 Å². The maximum Gasteiger partial charge on any atom is 0.118 e. The molecule has 1 nitrogen and oxygen atoms in total. The zero-order valence-electron chi connectivity index (χ0n) is 19.5. The second-order valence-corrected chi connectivity index (χ2v) is 9.49. The lowest BCUT2D eigenvalue weighted by Crippen LogP contribution is -2.13. The van der Waals surface area contributed by atoms with Crippen LogP contribution in [-0.2, 0) is 12.8 Å². The summed E-state index contributed by atoms with van der Waals surface area (Å²) in [6.07, 6.45) is 14.7. The Balaban J connectivity index is 1.49. The Kier molecular flexibility index (Phi) is 9.30. The normalized spacial score (nSPS) is 20.1. The van der Waals surface area contributed by atoms with E-state index in [0.29, 0.717) is 0 Å². The van der Waals surface area contributed by atoms with Gasteiger partial charge in [-0.2, -0.15) is 0 Å². The van der Waals surface area contributed by atoms with Gasteiger partial charge in [0.1, 0.15) is 5.75 Å². The molecule has 3 rings (SSSR count). The summed E-state index contributed by atoms with van der Waals surface area (Å²) < 4.78 is 5.30. The Morgan fingerprint density at radius 2 is 1.47 bits per heavy atom. The molecule has 0 unspecified atom stereocenters. The monoisotopic (exact) mass is 406 g/mol. The highest BCUT2D eigenvalue weighted by Gasteiger charge is 2.21. The Labute approximate surface area is 185 Å². The van der Waals surface area contributed by atoms with Crippen molar-refractivity contribution in [1.82, 2.24) is 0 Å². The van der Waals surface area contributed by atoms with Gasteiger partial charge in [0.2, 0.25) is 0 Å². The Hall–Kier alpha value is -1.76. The minimum Gasteiger partial charge on any atom is -0.497 e. The van der Waals surface area contributed by atoms with Crippen molar-refractivity contribution in [3.05, 3.63) is 65.2 Å². The molecule has 0 heterocycles. The SMILES string of the molecule is CCCC1CCC(c2ccc(CC[C@@H](CCC)Cc3ccc(OC)cc3)cc2)CC1. The molecule has 0 bridgehead atoms.